The van der Waals surface area contributed by atoms with E-state index in [9.17, 15) is 13.0 Å². The van der Waals surface area contributed by atoms with E-state index in [2.05, 4.69) is 4.98 Å². The van der Waals surface area contributed by atoms with E-state index in [1.54, 1.807) is 6.07 Å². The molecule has 74 valence electrons. The smallest absolute Gasteiger partial charge is 0.744 e. The second-order valence-corrected chi connectivity index (χ2v) is 5.43. The molecule has 2 rings (SSSR count). The summed E-state index contributed by atoms with van der Waals surface area (Å²) in [5.74, 6) is 0. The molecule has 0 aliphatic carbocycles. The van der Waals surface area contributed by atoms with Gasteiger partial charge in [0.1, 0.15) is 10.1 Å². The molecular formula is C8H6NNaO3S2. The number of hydrogen-bond donors (Lipinski definition) is 0. The Morgan fingerprint density at radius 2 is 2.07 bits per heavy atom. The van der Waals surface area contributed by atoms with Crippen LogP contribution in [0.4, 0.5) is 0 Å². The molecule has 0 fully saturated rings. The third-order valence-electron chi connectivity index (χ3n) is 1.75. The van der Waals surface area contributed by atoms with Crippen LogP contribution in [0.15, 0.2) is 23.1 Å². The zero-order valence-corrected chi connectivity index (χ0v) is 11.9. The number of aryl methyl sites for hydroxylation is 1. The van der Waals surface area contributed by atoms with Crippen LogP contribution in [0.2, 0.25) is 0 Å². The van der Waals surface area contributed by atoms with Gasteiger partial charge in [-0.2, -0.15) is 0 Å². The summed E-state index contributed by atoms with van der Waals surface area (Å²) in [6.45, 7) is 1.83. The van der Waals surface area contributed by atoms with E-state index in [0.717, 1.165) is 9.71 Å². The molecular weight excluding hydrogens is 245 g/mol. The molecule has 15 heavy (non-hydrogen) atoms. The molecule has 0 aliphatic heterocycles. The largest absolute Gasteiger partial charge is 1.00 e. The monoisotopic (exact) mass is 251 g/mol. The molecule has 4 nitrogen and oxygen atoms in total. The van der Waals surface area contributed by atoms with Crippen molar-refractivity contribution in [1.29, 1.82) is 0 Å². The first kappa shape index (κ1) is 13.1. The summed E-state index contributed by atoms with van der Waals surface area (Å²) >= 11 is 1.46. The normalized spacial score (nSPS) is 11.3. The van der Waals surface area contributed by atoms with Crippen molar-refractivity contribution >= 4 is 31.7 Å². The summed E-state index contributed by atoms with van der Waals surface area (Å²) < 4.78 is 33.0. The second kappa shape index (κ2) is 4.48. The van der Waals surface area contributed by atoms with Gasteiger partial charge >= 0.3 is 29.6 Å². The van der Waals surface area contributed by atoms with Crippen molar-refractivity contribution in [2.75, 3.05) is 0 Å². The Balaban J connectivity index is 0.00000112. The molecule has 0 saturated heterocycles. The van der Waals surface area contributed by atoms with Crippen molar-refractivity contribution in [3.05, 3.63) is 23.2 Å². The van der Waals surface area contributed by atoms with Crippen LogP contribution in [0, 0.1) is 6.92 Å². The van der Waals surface area contributed by atoms with Crippen LogP contribution in [0.5, 0.6) is 0 Å². The first-order chi connectivity index (χ1) is 6.47. The number of thiazole rings is 1. The quantitative estimate of drug-likeness (QED) is 0.457. The van der Waals surface area contributed by atoms with Crippen LogP contribution in [0.1, 0.15) is 5.01 Å². The standard InChI is InChI=1S/C8H7NO3S2.Na/c1-5-9-7-4-6(14(10,11)12)2-3-8(7)13-5;/h2-4H,1H3,(H,10,11,12);/q;+1/p-1. The van der Waals surface area contributed by atoms with Crippen LogP contribution in [0.25, 0.3) is 10.2 Å². The summed E-state index contributed by atoms with van der Waals surface area (Å²) in [6, 6.07) is 4.22. The van der Waals surface area contributed by atoms with E-state index in [4.69, 9.17) is 0 Å². The van der Waals surface area contributed by atoms with E-state index >= 15 is 0 Å². The average Bonchev–Trinajstić information content (AvgIpc) is 2.41. The van der Waals surface area contributed by atoms with E-state index in [-0.39, 0.29) is 34.5 Å². The van der Waals surface area contributed by atoms with Gasteiger partial charge < -0.3 is 4.55 Å². The summed E-state index contributed by atoms with van der Waals surface area (Å²) in [7, 11) is -4.37. The molecule has 7 heteroatoms. The van der Waals surface area contributed by atoms with Crippen molar-refractivity contribution in [2.45, 2.75) is 11.8 Å². The number of benzene rings is 1. The van der Waals surface area contributed by atoms with Crippen LogP contribution < -0.4 is 29.6 Å². The number of fused-ring (bicyclic) bond motifs is 1. The molecule has 0 bridgehead atoms. The Kier molecular flexibility index (Phi) is 3.91. The van der Waals surface area contributed by atoms with Crippen LogP contribution >= 0.6 is 11.3 Å². The minimum Gasteiger partial charge on any atom is -0.744 e. The van der Waals surface area contributed by atoms with Crippen molar-refractivity contribution in [3.8, 4) is 0 Å². The van der Waals surface area contributed by atoms with Gasteiger partial charge in [-0.3, -0.25) is 0 Å². The SMILES string of the molecule is Cc1nc2cc(S(=O)(=O)[O-])ccc2s1.[Na+]. The first-order valence-electron chi connectivity index (χ1n) is 3.80. The number of nitrogens with zero attached hydrogens (tertiary/aromatic N) is 1. The zero-order chi connectivity index (χ0) is 10.3. The minimum absolute atomic E-state index is 0. The molecule has 2 aromatic rings. The first-order valence-corrected chi connectivity index (χ1v) is 6.02. The van der Waals surface area contributed by atoms with Gasteiger partial charge in [-0.1, -0.05) is 0 Å². The molecule has 0 atom stereocenters. The van der Waals surface area contributed by atoms with Crippen molar-refractivity contribution < 1.29 is 42.5 Å². The third kappa shape index (κ3) is 2.77. The van der Waals surface area contributed by atoms with Crippen molar-refractivity contribution in [3.63, 3.8) is 0 Å². The maximum absolute atomic E-state index is 10.7. The summed E-state index contributed by atoms with van der Waals surface area (Å²) in [5.41, 5.74) is 0.560. The Labute approximate surface area is 113 Å². The van der Waals surface area contributed by atoms with Crippen LogP contribution in [-0.4, -0.2) is 18.0 Å². The molecule has 0 unspecified atom stereocenters. The topological polar surface area (TPSA) is 70.1 Å². The maximum Gasteiger partial charge on any atom is 1.00 e. The van der Waals surface area contributed by atoms with Crippen LogP contribution in [0.3, 0.4) is 0 Å². The fourth-order valence-electron chi connectivity index (χ4n) is 1.18. The average molecular weight is 251 g/mol. The van der Waals surface area contributed by atoms with Gasteiger partial charge in [-0.25, -0.2) is 13.4 Å². The van der Waals surface area contributed by atoms with Crippen LogP contribution in [-0.2, 0) is 10.1 Å². The molecule has 1 heterocycles. The molecule has 1 aromatic carbocycles. The third-order valence-corrected chi connectivity index (χ3v) is 3.54. The van der Waals surface area contributed by atoms with Crippen molar-refractivity contribution in [2.24, 2.45) is 0 Å². The number of rotatable bonds is 1. The Morgan fingerprint density at radius 3 is 2.67 bits per heavy atom. The number of hydrogen-bond acceptors (Lipinski definition) is 5. The summed E-state index contributed by atoms with van der Waals surface area (Å²) in [4.78, 5) is 3.88. The Morgan fingerprint density at radius 1 is 1.40 bits per heavy atom. The fourth-order valence-corrected chi connectivity index (χ4v) is 2.48. The number of aromatic nitrogens is 1. The van der Waals surface area contributed by atoms with Gasteiger partial charge in [0, 0.05) is 0 Å². The predicted octanol–water partition coefficient (Wildman–Crippen LogP) is -1.49. The fraction of sp³-hybridized carbons (Fsp3) is 0.125. The minimum atomic E-state index is -4.37. The van der Waals surface area contributed by atoms with E-state index < -0.39 is 10.1 Å². The molecule has 0 aliphatic rings. The molecule has 0 amide bonds. The Bertz CT molecular complexity index is 591. The van der Waals surface area contributed by atoms with E-state index in [1.165, 1.54) is 23.5 Å². The maximum atomic E-state index is 10.7. The molecule has 0 N–H and O–H groups in total. The van der Waals surface area contributed by atoms with Crippen molar-refractivity contribution in [1.82, 2.24) is 4.98 Å². The molecule has 0 spiro atoms. The van der Waals surface area contributed by atoms with Gasteiger partial charge in [0.15, 0.2) is 0 Å². The summed E-state index contributed by atoms with van der Waals surface area (Å²) in [5, 5.41) is 0.848. The van der Waals surface area contributed by atoms with Gasteiger partial charge in [0.05, 0.1) is 20.1 Å². The van der Waals surface area contributed by atoms with E-state index in [0.29, 0.717) is 5.52 Å². The summed E-state index contributed by atoms with van der Waals surface area (Å²) in [6.07, 6.45) is 0. The second-order valence-electron chi connectivity index (χ2n) is 2.82. The van der Waals surface area contributed by atoms with E-state index in [1.807, 2.05) is 6.92 Å². The zero-order valence-electron chi connectivity index (χ0n) is 8.22. The predicted molar refractivity (Wildman–Crippen MR) is 52.3 cm³/mol. The molecule has 0 radical (unpaired) electrons. The molecule has 1 aromatic heterocycles. The Hall–Kier alpha value is 0.0200. The van der Waals surface area contributed by atoms with Gasteiger partial charge in [0.2, 0.25) is 0 Å². The van der Waals surface area contributed by atoms with Gasteiger partial charge in [0.25, 0.3) is 0 Å². The molecule has 0 saturated carbocycles. The van der Waals surface area contributed by atoms with Gasteiger partial charge in [-0.05, 0) is 25.1 Å². The van der Waals surface area contributed by atoms with Gasteiger partial charge in [-0.15, -0.1) is 11.3 Å².